The third-order valence-corrected chi connectivity index (χ3v) is 2.22. The fourth-order valence-electron chi connectivity index (χ4n) is 1.46. The van der Waals surface area contributed by atoms with Crippen LogP contribution in [0.1, 0.15) is 23.0 Å². The highest BCUT2D eigenvalue weighted by molar-refractivity contribution is 6.04. The molecule has 0 unspecified atom stereocenters. The lowest BCUT2D eigenvalue weighted by Crippen LogP contribution is -2.04. The summed E-state index contributed by atoms with van der Waals surface area (Å²) >= 11 is 0. The van der Waals surface area contributed by atoms with Crippen LogP contribution in [0.2, 0.25) is 0 Å². The summed E-state index contributed by atoms with van der Waals surface area (Å²) in [7, 11) is 0. The Morgan fingerprint density at radius 1 is 1.38 bits per heavy atom. The van der Waals surface area contributed by atoms with E-state index in [4.69, 9.17) is 0 Å². The van der Waals surface area contributed by atoms with E-state index in [1.165, 1.54) is 13.0 Å². The van der Waals surface area contributed by atoms with Crippen molar-refractivity contribution in [2.24, 2.45) is 0 Å². The van der Waals surface area contributed by atoms with Gasteiger partial charge in [-0.1, -0.05) is 0 Å². The number of Topliss-reactive ketones (excluding diaryl/α,β-unsaturated/α-hetero) is 1. The van der Waals surface area contributed by atoms with Crippen molar-refractivity contribution in [1.82, 2.24) is 10.2 Å². The molecule has 0 amide bonds. The number of ketones is 1. The lowest BCUT2D eigenvalue weighted by molar-refractivity contribution is -0.137. The van der Waals surface area contributed by atoms with Gasteiger partial charge in [-0.2, -0.15) is 18.3 Å². The minimum absolute atomic E-state index is 0.156. The summed E-state index contributed by atoms with van der Waals surface area (Å²) in [4.78, 5) is 11.1. The second kappa shape index (κ2) is 3.33. The zero-order chi connectivity index (χ0) is 11.9. The first-order valence-corrected chi connectivity index (χ1v) is 4.46. The van der Waals surface area contributed by atoms with Gasteiger partial charge in [0.1, 0.15) is 5.69 Å². The molecule has 2 rings (SSSR count). The molecule has 0 saturated carbocycles. The Morgan fingerprint density at radius 2 is 2.06 bits per heavy atom. The number of halogens is 3. The highest BCUT2D eigenvalue weighted by Crippen LogP contribution is 2.31. The van der Waals surface area contributed by atoms with Crippen LogP contribution in [0, 0.1) is 0 Å². The van der Waals surface area contributed by atoms with Gasteiger partial charge in [-0.05, 0) is 18.2 Å². The van der Waals surface area contributed by atoms with Crippen LogP contribution in [-0.4, -0.2) is 16.0 Å². The number of fused-ring (bicyclic) bond motifs is 1. The van der Waals surface area contributed by atoms with Crippen LogP contribution in [-0.2, 0) is 6.18 Å². The fourth-order valence-corrected chi connectivity index (χ4v) is 1.46. The number of hydrogen-bond donors (Lipinski definition) is 1. The monoisotopic (exact) mass is 228 g/mol. The molecule has 3 nitrogen and oxygen atoms in total. The lowest BCUT2D eigenvalue weighted by Gasteiger charge is -2.05. The van der Waals surface area contributed by atoms with E-state index in [-0.39, 0.29) is 17.0 Å². The molecular weight excluding hydrogens is 221 g/mol. The van der Waals surface area contributed by atoms with Gasteiger partial charge in [0.25, 0.3) is 0 Å². The van der Waals surface area contributed by atoms with E-state index >= 15 is 0 Å². The molecule has 0 aliphatic rings. The summed E-state index contributed by atoms with van der Waals surface area (Å²) in [6.07, 6.45) is -4.39. The van der Waals surface area contributed by atoms with E-state index in [1.54, 1.807) is 0 Å². The Kier molecular flexibility index (Phi) is 2.22. The Bertz CT molecular complexity index is 557. The number of alkyl halides is 3. The van der Waals surface area contributed by atoms with Gasteiger partial charge in [0.15, 0.2) is 5.78 Å². The summed E-state index contributed by atoms with van der Waals surface area (Å²) in [5, 5.41) is 6.49. The molecule has 0 spiro atoms. The van der Waals surface area contributed by atoms with Crippen molar-refractivity contribution < 1.29 is 18.0 Å². The quantitative estimate of drug-likeness (QED) is 0.763. The number of aromatic nitrogens is 2. The molecule has 1 aromatic carbocycles. The molecule has 1 aromatic heterocycles. The maximum absolute atomic E-state index is 12.4. The number of carbonyl (C=O) groups is 1. The molecule has 0 aliphatic heterocycles. The lowest BCUT2D eigenvalue weighted by atomic mass is 10.1. The molecule has 0 atom stereocenters. The molecule has 6 heteroatoms. The molecule has 16 heavy (non-hydrogen) atoms. The summed E-state index contributed by atoms with van der Waals surface area (Å²) < 4.78 is 37.1. The SMILES string of the molecule is CC(=O)c1n[nH]c2cc(C(F)(F)F)ccc12. The van der Waals surface area contributed by atoms with E-state index in [0.29, 0.717) is 5.39 Å². The highest BCUT2D eigenvalue weighted by atomic mass is 19.4. The Morgan fingerprint density at radius 3 is 2.62 bits per heavy atom. The number of nitrogens with zero attached hydrogens (tertiary/aromatic N) is 1. The van der Waals surface area contributed by atoms with Crippen LogP contribution in [0.25, 0.3) is 10.9 Å². The van der Waals surface area contributed by atoms with Crippen LogP contribution >= 0.6 is 0 Å². The van der Waals surface area contributed by atoms with E-state index in [1.807, 2.05) is 0 Å². The second-order valence-corrected chi connectivity index (χ2v) is 3.39. The number of nitrogens with one attached hydrogen (secondary N) is 1. The van der Waals surface area contributed by atoms with E-state index < -0.39 is 11.7 Å². The highest BCUT2D eigenvalue weighted by Gasteiger charge is 2.30. The fraction of sp³-hybridized carbons (Fsp3) is 0.200. The molecule has 0 bridgehead atoms. The van der Waals surface area contributed by atoms with Crippen LogP contribution in [0.3, 0.4) is 0 Å². The van der Waals surface area contributed by atoms with Crippen LogP contribution in [0.4, 0.5) is 13.2 Å². The molecule has 0 saturated heterocycles. The van der Waals surface area contributed by atoms with Gasteiger partial charge in [0.2, 0.25) is 0 Å². The van der Waals surface area contributed by atoms with E-state index in [9.17, 15) is 18.0 Å². The normalized spacial score (nSPS) is 12.0. The number of benzene rings is 1. The standard InChI is InChI=1S/C10H7F3N2O/c1-5(16)9-7-3-2-6(10(11,12)13)4-8(7)14-15-9/h2-4H,1H3,(H,14,15). The van der Waals surface area contributed by atoms with E-state index in [2.05, 4.69) is 10.2 Å². The van der Waals surface area contributed by atoms with Crippen molar-refractivity contribution in [2.45, 2.75) is 13.1 Å². The van der Waals surface area contributed by atoms with Gasteiger partial charge >= 0.3 is 6.18 Å². The van der Waals surface area contributed by atoms with Gasteiger partial charge < -0.3 is 0 Å². The Labute approximate surface area is 88.3 Å². The van der Waals surface area contributed by atoms with Crippen molar-refractivity contribution in [1.29, 1.82) is 0 Å². The van der Waals surface area contributed by atoms with Crippen LogP contribution in [0.5, 0.6) is 0 Å². The zero-order valence-electron chi connectivity index (χ0n) is 8.22. The first kappa shape index (κ1) is 10.7. The number of H-pyrrole nitrogens is 1. The molecule has 0 aliphatic carbocycles. The van der Waals surface area contributed by atoms with Gasteiger partial charge in [-0.3, -0.25) is 9.89 Å². The molecule has 1 N–H and O–H groups in total. The molecule has 0 fully saturated rings. The summed E-state index contributed by atoms with van der Waals surface area (Å²) in [6, 6.07) is 3.12. The predicted molar refractivity (Wildman–Crippen MR) is 51.1 cm³/mol. The van der Waals surface area contributed by atoms with Crippen LogP contribution in [0.15, 0.2) is 18.2 Å². The summed E-state index contributed by atoms with van der Waals surface area (Å²) in [6.45, 7) is 1.31. The van der Waals surface area contributed by atoms with Crippen molar-refractivity contribution in [3.63, 3.8) is 0 Å². The first-order chi connectivity index (χ1) is 7.39. The number of hydrogen-bond acceptors (Lipinski definition) is 2. The van der Waals surface area contributed by atoms with Crippen molar-refractivity contribution >= 4 is 16.7 Å². The summed E-state index contributed by atoms with van der Waals surface area (Å²) in [5.41, 5.74) is -0.400. The molecular formula is C10H7F3N2O. The summed E-state index contributed by atoms with van der Waals surface area (Å²) in [5.74, 6) is -0.286. The number of rotatable bonds is 1. The first-order valence-electron chi connectivity index (χ1n) is 4.46. The third kappa shape index (κ3) is 1.66. The van der Waals surface area contributed by atoms with Gasteiger partial charge in [-0.15, -0.1) is 0 Å². The largest absolute Gasteiger partial charge is 0.416 e. The number of carbonyl (C=O) groups excluding carboxylic acids is 1. The van der Waals surface area contributed by atoms with Crippen LogP contribution < -0.4 is 0 Å². The van der Waals surface area contributed by atoms with E-state index in [0.717, 1.165) is 12.1 Å². The molecule has 84 valence electrons. The molecule has 2 aromatic rings. The minimum Gasteiger partial charge on any atom is -0.293 e. The average Bonchev–Trinajstić information content (AvgIpc) is 2.58. The molecule has 1 heterocycles. The van der Waals surface area contributed by atoms with Gasteiger partial charge in [0, 0.05) is 12.3 Å². The minimum atomic E-state index is -4.39. The topological polar surface area (TPSA) is 45.8 Å². The number of aromatic amines is 1. The predicted octanol–water partition coefficient (Wildman–Crippen LogP) is 2.78. The maximum Gasteiger partial charge on any atom is 0.416 e. The maximum atomic E-state index is 12.4. The van der Waals surface area contributed by atoms with Crippen molar-refractivity contribution in [3.8, 4) is 0 Å². The average molecular weight is 228 g/mol. The van der Waals surface area contributed by atoms with Crippen molar-refractivity contribution in [2.75, 3.05) is 0 Å². The zero-order valence-corrected chi connectivity index (χ0v) is 8.22. The smallest absolute Gasteiger partial charge is 0.293 e. The Hall–Kier alpha value is -1.85. The third-order valence-electron chi connectivity index (χ3n) is 2.22. The van der Waals surface area contributed by atoms with Gasteiger partial charge in [0.05, 0.1) is 11.1 Å². The van der Waals surface area contributed by atoms with Gasteiger partial charge in [-0.25, -0.2) is 0 Å². The second-order valence-electron chi connectivity index (χ2n) is 3.39. The molecule has 0 radical (unpaired) electrons. The Balaban J connectivity index is 2.62. The van der Waals surface area contributed by atoms with Crippen molar-refractivity contribution in [3.05, 3.63) is 29.5 Å².